The predicted molar refractivity (Wildman–Crippen MR) is 90.3 cm³/mol. The molecule has 26 heavy (non-hydrogen) atoms. The quantitative estimate of drug-likeness (QED) is 0.789. The molecule has 2 N–H and O–H groups in total. The number of nitrogens with zero attached hydrogens (tertiary/aromatic N) is 2. The van der Waals surface area contributed by atoms with Gasteiger partial charge in [-0.2, -0.15) is 13.2 Å². The molecule has 1 aromatic carbocycles. The number of rotatable bonds is 7. The number of hydrogen-bond donors (Lipinski definition) is 2. The molecule has 0 spiro atoms. The molecule has 5 nitrogen and oxygen atoms in total. The van der Waals surface area contributed by atoms with Crippen molar-refractivity contribution in [3.63, 3.8) is 0 Å². The highest BCUT2D eigenvalue weighted by Crippen LogP contribution is 2.40. The van der Waals surface area contributed by atoms with Crippen LogP contribution in [0.15, 0.2) is 42.7 Å². The Hall–Kier alpha value is -2.35. The van der Waals surface area contributed by atoms with Crippen LogP contribution in [0.4, 0.5) is 13.2 Å². The van der Waals surface area contributed by atoms with Crippen LogP contribution in [0.5, 0.6) is 0 Å². The van der Waals surface area contributed by atoms with Crippen LogP contribution < -0.4 is 5.32 Å². The Bertz CT molecular complexity index is 731. The summed E-state index contributed by atoms with van der Waals surface area (Å²) in [5, 5.41) is 12.7. The molecule has 1 heterocycles. The molecular formula is C18H22F3N3O2. The van der Waals surface area contributed by atoms with E-state index in [1.54, 1.807) is 0 Å². The highest BCUT2D eigenvalue weighted by Gasteiger charge is 2.57. The molecular weight excluding hydrogens is 347 g/mol. The second-order valence-electron chi connectivity index (χ2n) is 6.34. The first-order valence-corrected chi connectivity index (χ1v) is 8.23. The second-order valence-corrected chi connectivity index (χ2v) is 6.34. The summed E-state index contributed by atoms with van der Waals surface area (Å²) >= 11 is 0. The monoisotopic (exact) mass is 369 g/mol. The van der Waals surface area contributed by atoms with Crippen molar-refractivity contribution < 1.29 is 23.1 Å². The van der Waals surface area contributed by atoms with E-state index in [9.17, 15) is 23.1 Å². The lowest BCUT2D eigenvalue weighted by molar-refractivity contribution is -0.272. The van der Waals surface area contributed by atoms with Crippen molar-refractivity contribution in [2.24, 2.45) is 7.05 Å². The zero-order valence-electron chi connectivity index (χ0n) is 14.6. The number of carbonyl (C=O) groups excluding carboxylic acids is 1. The maximum Gasteiger partial charge on any atom is 0.424 e. The lowest BCUT2D eigenvalue weighted by atomic mass is 9.96. The van der Waals surface area contributed by atoms with E-state index in [-0.39, 0.29) is 24.8 Å². The number of benzene rings is 1. The fourth-order valence-electron chi connectivity index (χ4n) is 2.78. The molecule has 2 rings (SSSR count). The maximum absolute atomic E-state index is 13.4. The molecule has 8 heteroatoms. The number of aryl methyl sites for hydroxylation is 1. The topological polar surface area (TPSA) is 67.2 Å². The standard InChI is InChI=1S/C18H22F3N3O2/c1-13(14-6-4-3-5-7-14)12-15(25)22-9-8-17(26,18(19,20)21)16-23-10-11-24(16)2/h3-7,10-11,13,26H,8-9,12H2,1-2H3,(H,22,25)/t13-,17+/m0/s1. The summed E-state index contributed by atoms with van der Waals surface area (Å²) in [5.41, 5.74) is -2.15. The number of carbonyl (C=O) groups is 1. The molecule has 0 saturated carbocycles. The van der Waals surface area contributed by atoms with E-state index in [0.29, 0.717) is 0 Å². The van der Waals surface area contributed by atoms with E-state index in [2.05, 4.69) is 10.3 Å². The Morgan fingerprint density at radius 1 is 1.31 bits per heavy atom. The number of alkyl halides is 3. The van der Waals surface area contributed by atoms with Gasteiger partial charge in [0, 0.05) is 38.8 Å². The predicted octanol–water partition coefficient (Wildman–Crippen LogP) is 2.87. The largest absolute Gasteiger partial charge is 0.424 e. The first-order chi connectivity index (χ1) is 12.1. The molecule has 142 valence electrons. The van der Waals surface area contributed by atoms with Crippen LogP contribution in [0.2, 0.25) is 0 Å². The highest BCUT2D eigenvalue weighted by molar-refractivity contribution is 5.76. The van der Waals surface area contributed by atoms with Crippen LogP contribution in [0.3, 0.4) is 0 Å². The number of nitrogens with one attached hydrogen (secondary N) is 1. The highest BCUT2D eigenvalue weighted by atomic mass is 19.4. The van der Waals surface area contributed by atoms with E-state index >= 15 is 0 Å². The Kier molecular flexibility index (Phi) is 6.07. The summed E-state index contributed by atoms with van der Waals surface area (Å²) < 4.78 is 41.3. The average molecular weight is 369 g/mol. The fraction of sp³-hybridized carbons (Fsp3) is 0.444. The molecule has 0 radical (unpaired) electrons. The van der Waals surface area contributed by atoms with Crippen LogP contribution in [0.25, 0.3) is 0 Å². The molecule has 0 fully saturated rings. The minimum absolute atomic E-state index is 0.0627. The molecule has 1 aromatic heterocycles. The molecule has 2 aromatic rings. The third-order valence-electron chi connectivity index (χ3n) is 4.33. The SMILES string of the molecule is C[C@@H](CC(=O)NCC[C@@](O)(c1nccn1C)C(F)(F)F)c1ccccc1. The van der Waals surface area contributed by atoms with Crippen LogP contribution in [-0.2, 0) is 17.4 Å². The van der Waals surface area contributed by atoms with Gasteiger partial charge in [-0.1, -0.05) is 37.3 Å². The molecule has 0 bridgehead atoms. The Morgan fingerprint density at radius 3 is 2.50 bits per heavy atom. The smallest absolute Gasteiger partial charge is 0.374 e. The summed E-state index contributed by atoms with van der Waals surface area (Å²) in [6.45, 7) is 1.55. The number of hydrogen-bond acceptors (Lipinski definition) is 3. The van der Waals surface area contributed by atoms with Crippen molar-refractivity contribution in [3.8, 4) is 0 Å². The Balaban J connectivity index is 1.96. The maximum atomic E-state index is 13.4. The summed E-state index contributed by atoms with van der Waals surface area (Å²) in [5.74, 6) is -0.935. The molecule has 0 saturated heterocycles. The van der Waals surface area contributed by atoms with Crippen molar-refractivity contribution in [1.82, 2.24) is 14.9 Å². The van der Waals surface area contributed by atoms with E-state index in [1.807, 2.05) is 37.3 Å². The molecule has 0 unspecified atom stereocenters. The third-order valence-corrected chi connectivity index (χ3v) is 4.33. The normalized spacial score (nSPS) is 15.3. The minimum atomic E-state index is -4.91. The van der Waals surface area contributed by atoms with Gasteiger partial charge >= 0.3 is 6.18 Å². The summed E-state index contributed by atoms with van der Waals surface area (Å²) in [7, 11) is 1.37. The van der Waals surface area contributed by atoms with Gasteiger partial charge in [0.05, 0.1) is 0 Å². The van der Waals surface area contributed by atoms with E-state index in [0.717, 1.165) is 10.1 Å². The lowest BCUT2D eigenvalue weighted by Crippen LogP contribution is -2.46. The van der Waals surface area contributed by atoms with Crippen molar-refractivity contribution in [3.05, 3.63) is 54.1 Å². The first-order valence-electron chi connectivity index (χ1n) is 8.23. The number of imidazole rings is 1. The van der Waals surface area contributed by atoms with Gasteiger partial charge in [-0.3, -0.25) is 4.79 Å². The lowest BCUT2D eigenvalue weighted by Gasteiger charge is -2.30. The van der Waals surface area contributed by atoms with Crippen molar-refractivity contribution in [2.45, 2.75) is 37.5 Å². The Labute approximate surface area is 149 Å². The fourth-order valence-corrected chi connectivity index (χ4v) is 2.78. The zero-order chi connectivity index (χ0) is 19.4. The first kappa shape index (κ1) is 20.0. The second kappa shape index (κ2) is 7.90. The van der Waals surface area contributed by atoms with Crippen molar-refractivity contribution in [2.75, 3.05) is 6.54 Å². The molecule has 2 atom stereocenters. The molecule has 0 aliphatic carbocycles. The number of amides is 1. The van der Waals surface area contributed by atoms with Gasteiger partial charge < -0.3 is 15.0 Å². The summed E-state index contributed by atoms with van der Waals surface area (Å²) in [4.78, 5) is 15.6. The van der Waals surface area contributed by atoms with E-state index in [4.69, 9.17) is 0 Å². The summed E-state index contributed by atoms with van der Waals surface area (Å²) in [6.07, 6.45) is -2.96. The molecule has 0 aliphatic heterocycles. The van der Waals surface area contributed by atoms with E-state index < -0.39 is 24.0 Å². The van der Waals surface area contributed by atoms with E-state index in [1.165, 1.54) is 19.4 Å². The van der Waals surface area contributed by atoms with Gasteiger partial charge in [0.15, 0.2) is 0 Å². The van der Waals surface area contributed by atoms with Crippen molar-refractivity contribution >= 4 is 5.91 Å². The van der Waals surface area contributed by atoms with Gasteiger partial charge in [0.1, 0.15) is 5.82 Å². The van der Waals surface area contributed by atoms with Gasteiger partial charge in [-0.15, -0.1) is 0 Å². The van der Waals surface area contributed by atoms with Crippen molar-refractivity contribution in [1.29, 1.82) is 0 Å². The molecule has 1 amide bonds. The number of halogens is 3. The van der Waals surface area contributed by atoms with Gasteiger partial charge in [-0.05, 0) is 11.5 Å². The van der Waals surface area contributed by atoms with Crippen LogP contribution in [0, 0.1) is 0 Å². The van der Waals surface area contributed by atoms with Gasteiger partial charge in [-0.25, -0.2) is 4.98 Å². The summed E-state index contributed by atoms with van der Waals surface area (Å²) in [6, 6.07) is 9.37. The Morgan fingerprint density at radius 2 is 1.96 bits per heavy atom. The van der Waals surface area contributed by atoms with Gasteiger partial charge in [0.25, 0.3) is 0 Å². The van der Waals surface area contributed by atoms with Gasteiger partial charge in [0.2, 0.25) is 11.5 Å². The third kappa shape index (κ3) is 4.43. The zero-order valence-corrected chi connectivity index (χ0v) is 14.6. The van der Waals surface area contributed by atoms with Crippen LogP contribution in [-0.4, -0.2) is 33.3 Å². The number of aromatic nitrogens is 2. The average Bonchev–Trinajstić information content (AvgIpc) is 3.01. The van der Waals surface area contributed by atoms with Crippen LogP contribution >= 0.6 is 0 Å². The van der Waals surface area contributed by atoms with Crippen LogP contribution in [0.1, 0.15) is 37.1 Å². The number of aliphatic hydroxyl groups is 1. The minimum Gasteiger partial charge on any atom is -0.374 e. The molecule has 0 aliphatic rings.